The number of methoxy groups -OCH3 is 1. The van der Waals surface area contributed by atoms with Crippen LogP contribution in [-0.4, -0.2) is 18.0 Å². The second-order valence-electron chi connectivity index (χ2n) is 6.00. The van der Waals surface area contributed by atoms with E-state index in [9.17, 15) is 4.79 Å². The minimum absolute atomic E-state index is 0.0865. The van der Waals surface area contributed by atoms with Crippen molar-refractivity contribution in [2.45, 2.75) is 13.3 Å². The summed E-state index contributed by atoms with van der Waals surface area (Å²) >= 11 is 0. The van der Waals surface area contributed by atoms with Gasteiger partial charge >= 0.3 is 0 Å². The highest BCUT2D eigenvalue weighted by atomic mass is 16.5. The second-order valence-corrected chi connectivity index (χ2v) is 6.00. The fraction of sp³-hybridized carbons (Fsp3) is 0.143. The van der Waals surface area contributed by atoms with Gasteiger partial charge in [-0.2, -0.15) is 0 Å². The van der Waals surface area contributed by atoms with Gasteiger partial charge in [-0.05, 0) is 36.8 Å². The van der Waals surface area contributed by atoms with Gasteiger partial charge in [0.1, 0.15) is 11.6 Å². The normalized spacial score (nSPS) is 10.2. The first-order chi connectivity index (χ1) is 12.6. The molecule has 0 atom stereocenters. The van der Waals surface area contributed by atoms with Crippen molar-refractivity contribution in [3.63, 3.8) is 0 Å². The van der Waals surface area contributed by atoms with Crippen LogP contribution < -0.4 is 15.4 Å². The summed E-state index contributed by atoms with van der Waals surface area (Å²) in [6, 6.07) is 19.2. The zero-order valence-electron chi connectivity index (χ0n) is 14.8. The molecule has 1 heterocycles. The maximum absolute atomic E-state index is 12.2. The van der Waals surface area contributed by atoms with Crippen molar-refractivity contribution < 1.29 is 9.53 Å². The van der Waals surface area contributed by atoms with E-state index in [1.807, 2.05) is 61.5 Å². The van der Waals surface area contributed by atoms with Crippen LogP contribution >= 0.6 is 0 Å². The van der Waals surface area contributed by atoms with Gasteiger partial charge in [0, 0.05) is 11.8 Å². The van der Waals surface area contributed by atoms with Crippen LogP contribution in [0.15, 0.2) is 66.9 Å². The molecule has 0 aliphatic carbocycles. The Labute approximate surface area is 153 Å². The van der Waals surface area contributed by atoms with Crippen molar-refractivity contribution in [3.05, 3.63) is 78.0 Å². The molecule has 0 unspecified atom stereocenters. The Balaban J connectivity index is 1.59. The summed E-state index contributed by atoms with van der Waals surface area (Å²) in [5.74, 6) is 1.22. The molecular weight excluding hydrogens is 326 g/mol. The fourth-order valence-corrected chi connectivity index (χ4v) is 2.60. The van der Waals surface area contributed by atoms with Gasteiger partial charge in [-0.3, -0.25) is 4.79 Å². The molecule has 132 valence electrons. The summed E-state index contributed by atoms with van der Waals surface area (Å²) in [5, 5.41) is 6.07. The maximum Gasteiger partial charge on any atom is 0.229 e. The second kappa shape index (κ2) is 8.16. The fourth-order valence-electron chi connectivity index (χ4n) is 2.60. The van der Waals surface area contributed by atoms with Gasteiger partial charge in [0.05, 0.1) is 25.4 Å². The Bertz CT molecular complexity index is 892. The maximum atomic E-state index is 12.2. The molecule has 3 aromatic rings. The minimum Gasteiger partial charge on any atom is -0.497 e. The number of amides is 1. The highest BCUT2D eigenvalue weighted by Gasteiger charge is 2.05. The quantitative estimate of drug-likeness (QED) is 0.697. The number of hydrogen-bond acceptors (Lipinski definition) is 4. The summed E-state index contributed by atoms with van der Waals surface area (Å²) in [6.07, 6.45) is 2.01. The van der Waals surface area contributed by atoms with E-state index in [1.54, 1.807) is 19.4 Å². The number of rotatable bonds is 6. The number of pyridine rings is 1. The monoisotopic (exact) mass is 347 g/mol. The molecule has 0 aliphatic heterocycles. The average Bonchev–Trinajstić information content (AvgIpc) is 2.63. The van der Waals surface area contributed by atoms with Gasteiger partial charge in [0.15, 0.2) is 0 Å². The molecule has 2 N–H and O–H groups in total. The van der Waals surface area contributed by atoms with E-state index in [2.05, 4.69) is 15.6 Å². The smallest absolute Gasteiger partial charge is 0.229 e. The third kappa shape index (κ3) is 4.83. The Hall–Kier alpha value is -3.34. The number of aryl methyl sites for hydroxylation is 1. The number of nitrogens with zero attached hydrogens (tertiary/aromatic N) is 1. The minimum atomic E-state index is -0.0865. The lowest BCUT2D eigenvalue weighted by Crippen LogP contribution is -2.15. The third-order valence-electron chi connectivity index (χ3n) is 3.84. The third-order valence-corrected chi connectivity index (χ3v) is 3.84. The average molecular weight is 347 g/mol. The van der Waals surface area contributed by atoms with Gasteiger partial charge in [-0.15, -0.1) is 0 Å². The summed E-state index contributed by atoms with van der Waals surface area (Å²) in [5.41, 5.74) is 3.86. The predicted molar refractivity (Wildman–Crippen MR) is 104 cm³/mol. The van der Waals surface area contributed by atoms with Crippen molar-refractivity contribution in [2.24, 2.45) is 0 Å². The number of aromatic nitrogens is 1. The van der Waals surface area contributed by atoms with Gasteiger partial charge in [0.2, 0.25) is 5.91 Å². The lowest BCUT2D eigenvalue weighted by atomic mass is 10.1. The highest BCUT2D eigenvalue weighted by molar-refractivity contribution is 5.91. The van der Waals surface area contributed by atoms with Crippen molar-refractivity contribution in [3.8, 4) is 5.75 Å². The van der Waals surface area contributed by atoms with Crippen LogP contribution in [0.1, 0.15) is 11.1 Å². The van der Waals surface area contributed by atoms with E-state index >= 15 is 0 Å². The number of hydrogen-bond donors (Lipinski definition) is 2. The van der Waals surface area contributed by atoms with Crippen LogP contribution in [0.4, 0.5) is 17.2 Å². The molecule has 1 amide bonds. The topological polar surface area (TPSA) is 63.2 Å². The SMILES string of the molecule is COc1cccc(Nc2ccc(NC(=O)Cc3cccc(C)c3)nc2)c1. The van der Waals surface area contributed by atoms with E-state index < -0.39 is 0 Å². The molecular formula is C21H21N3O2. The van der Waals surface area contributed by atoms with Crippen molar-refractivity contribution in [2.75, 3.05) is 17.7 Å². The summed E-state index contributed by atoms with van der Waals surface area (Å²) < 4.78 is 5.21. The van der Waals surface area contributed by atoms with E-state index in [-0.39, 0.29) is 5.91 Å². The Morgan fingerprint density at radius 1 is 1.04 bits per heavy atom. The zero-order valence-corrected chi connectivity index (χ0v) is 14.8. The molecule has 0 saturated heterocycles. The summed E-state index contributed by atoms with van der Waals surface area (Å²) in [6.45, 7) is 2.01. The largest absolute Gasteiger partial charge is 0.497 e. The van der Waals surface area contributed by atoms with Crippen LogP contribution in [0.3, 0.4) is 0 Å². The number of benzene rings is 2. The number of anilines is 3. The Kier molecular flexibility index (Phi) is 5.49. The number of carbonyl (C=O) groups is 1. The molecule has 0 bridgehead atoms. The van der Waals surface area contributed by atoms with Crippen molar-refractivity contribution >= 4 is 23.1 Å². The van der Waals surface area contributed by atoms with Gasteiger partial charge < -0.3 is 15.4 Å². The molecule has 5 nitrogen and oxygen atoms in total. The van der Waals surface area contributed by atoms with Crippen LogP contribution in [0.2, 0.25) is 0 Å². The zero-order chi connectivity index (χ0) is 18.4. The Morgan fingerprint density at radius 3 is 2.62 bits per heavy atom. The van der Waals surface area contributed by atoms with Crippen molar-refractivity contribution in [1.29, 1.82) is 0 Å². The molecule has 2 aromatic carbocycles. The van der Waals surface area contributed by atoms with E-state index in [4.69, 9.17) is 4.74 Å². The highest BCUT2D eigenvalue weighted by Crippen LogP contribution is 2.21. The molecule has 1 aromatic heterocycles. The molecule has 0 radical (unpaired) electrons. The lowest BCUT2D eigenvalue weighted by molar-refractivity contribution is -0.115. The first-order valence-electron chi connectivity index (χ1n) is 8.35. The van der Waals surface area contributed by atoms with Crippen LogP contribution in [-0.2, 0) is 11.2 Å². The molecule has 26 heavy (non-hydrogen) atoms. The molecule has 5 heteroatoms. The van der Waals surface area contributed by atoms with Crippen LogP contribution in [0.5, 0.6) is 5.75 Å². The first kappa shape index (κ1) is 17.5. The van der Waals surface area contributed by atoms with E-state index in [1.165, 1.54) is 0 Å². The lowest BCUT2D eigenvalue weighted by Gasteiger charge is -2.09. The van der Waals surface area contributed by atoms with Gasteiger partial charge in [-0.1, -0.05) is 35.9 Å². The van der Waals surface area contributed by atoms with Crippen LogP contribution in [0, 0.1) is 6.92 Å². The molecule has 0 fully saturated rings. The van der Waals surface area contributed by atoms with Gasteiger partial charge in [-0.25, -0.2) is 4.98 Å². The first-order valence-corrected chi connectivity index (χ1v) is 8.35. The van der Waals surface area contributed by atoms with E-state index in [0.29, 0.717) is 12.2 Å². The van der Waals surface area contributed by atoms with E-state index in [0.717, 1.165) is 28.3 Å². The molecule has 0 spiro atoms. The van der Waals surface area contributed by atoms with Crippen molar-refractivity contribution in [1.82, 2.24) is 4.98 Å². The summed E-state index contributed by atoms with van der Waals surface area (Å²) in [4.78, 5) is 16.4. The number of nitrogens with one attached hydrogen (secondary N) is 2. The predicted octanol–water partition coefficient (Wildman–Crippen LogP) is 4.32. The van der Waals surface area contributed by atoms with Gasteiger partial charge in [0.25, 0.3) is 0 Å². The van der Waals surface area contributed by atoms with Crippen LogP contribution in [0.25, 0.3) is 0 Å². The molecule has 3 rings (SSSR count). The summed E-state index contributed by atoms with van der Waals surface area (Å²) in [7, 11) is 1.63. The standard InChI is InChI=1S/C21H21N3O2/c1-15-5-3-6-16(11-15)12-21(25)24-20-10-9-18(14-22-20)23-17-7-4-8-19(13-17)26-2/h3-11,13-14,23H,12H2,1-2H3,(H,22,24,25). The number of ether oxygens (including phenoxy) is 1. The Morgan fingerprint density at radius 2 is 1.88 bits per heavy atom. The molecule has 0 aliphatic rings. The number of carbonyl (C=O) groups excluding carboxylic acids is 1. The molecule has 0 saturated carbocycles.